The normalized spacial score (nSPS) is 12.9. The number of nitrogens with one attached hydrogen (secondary N) is 1. The number of thiophene rings is 1. The van der Waals surface area contributed by atoms with Crippen molar-refractivity contribution >= 4 is 39.7 Å². The molecule has 8 heteroatoms. The minimum Gasteiger partial charge on any atom is -0.398 e. The van der Waals surface area contributed by atoms with Crippen molar-refractivity contribution < 1.29 is 9.59 Å². The lowest BCUT2D eigenvalue weighted by Crippen LogP contribution is -2.32. The standard InChI is InChI=1S/C25H23N5O2S/c1-14(24(31)29(2)3)12-30-13-18-16(7-8-19(26)22(18)25(30)32)15-6-9-20-17(11-15)23(28-27-20)21-5-4-10-33-21/h4-11H,1,12-13,26H2,2-3H3,(H,27,28). The van der Waals surface area contributed by atoms with Gasteiger partial charge in [0.25, 0.3) is 5.91 Å². The van der Waals surface area contributed by atoms with E-state index in [-0.39, 0.29) is 18.4 Å². The van der Waals surface area contributed by atoms with Crippen LogP contribution >= 0.6 is 11.3 Å². The summed E-state index contributed by atoms with van der Waals surface area (Å²) in [5.41, 5.74) is 12.2. The van der Waals surface area contributed by atoms with Gasteiger partial charge in [0.1, 0.15) is 5.69 Å². The van der Waals surface area contributed by atoms with Crippen LogP contribution in [0.25, 0.3) is 32.6 Å². The number of anilines is 1. The number of fused-ring (bicyclic) bond motifs is 2. The number of H-pyrrole nitrogens is 1. The Morgan fingerprint density at radius 1 is 1.27 bits per heavy atom. The highest BCUT2D eigenvalue weighted by molar-refractivity contribution is 7.13. The predicted octanol–water partition coefficient (Wildman–Crippen LogP) is 4.14. The van der Waals surface area contributed by atoms with Crippen LogP contribution in [0.4, 0.5) is 5.69 Å². The first-order valence-electron chi connectivity index (χ1n) is 10.5. The summed E-state index contributed by atoms with van der Waals surface area (Å²) in [5.74, 6) is -0.376. The molecule has 0 bridgehead atoms. The molecule has 0 spiro atoms. The smallest absolute Gasteiger partial charge is 0.256 e. The number of benzene rings is 2. The van der Waals surface area contributed by atoms with Crippen molar-refractivity contribution in [1.29, 1.82) is 0 Å². The van der Waals surface area contributed by atoms with Gasteiger partial charge in [-0.1, -0.05) is 24.8 Å². The van der Waals surface area contributed by atoms with Crippen molar-refractivity contribution in [1.82, 2.24) is 20.0 Å². The molecule has 3 heterocycles. The maximum atomic E-state index is 13.2. The number of hydrogen-bond acceptors (Lipinski definition) is 5. The first-order chi connectivity index (χ1) is 15.8. The highest BCUT2D eigenvalue weighted by Crippen LogP contribution is 2.38. The van der Waals surface area contributed by atoms with Crippen LogP contribution in [0.5, 0.6) is 0 Å². The number of rotatable bonds is 5. The van der Waals surface area contributed by atoms with Crippen LogP contribution < -0.4 is 5.73 Å². The molecule has 0 saturated carbocycles. The Morgan fingerprint density at radius 3 is 2.82 bits per heavy atom. The molecule has 4 aromatic rings. The summed E-state index contributed by atoms with van der Waals surface area (Å²) in [4.78, 5) is 29.6. The molecule has 166 valence electrons. The van der Waals surface area contributed by atoms with Crippen LogP contribution in [0.1, 0.15) is 15.9 Å². The largest absolute Gasteiger partial charge is 0.398 e. The van der Waals surface area contributed by atoms with Crippen molar-refractivity contribution in [2.24, 2.45) is 0 Å². The van der Waals surface area contributed by atoms with Crippen LogP contribution in [0.15, 0.2) is 60.0 Å². The minimum absolute atomic E-state index is 0.159. The summed E-state index contributed by atoms with van der Waals surface area (Å²) >= 11 is 1.64. The number of nitrogens with two attached hydrogens (primary N) is 1. The Kier molecular flexibility index (Phi) is 5.02. The molecule has 1 aliphatic rings. The van der Waals surface area contributed by atoms with Gasteiger partial charge in [0.2, 0.25) is 5.91 Å². The average Bonchev–Trinajstić information content (AvgIpc) is 3.52. The van der Waals surface area contributed by atoms with E-state index < -0.39 is 0 Å². The third-order valence-electron chi connectivity index (χ3n) is 5.91. The Hall–Kier alpha value is -3.91. The zero-order valence-electron chi connectivity index (χ0n) is 18.4. The maximum Gasteiger partial charge on any atom is 0.256 e. The van der Waals surface area contributed by atoms with Crippen molar-refractivity contribution in [3.63, 3.8) is 0 Å². The number of carbonyl (C=O) groups is 2. The molecule has 0 aliphatic carbocycles. The summed E-state index contributed by atoms with van der Waals surface area (Å²) < 4.78 is 0. The van der Waals surface area contributed by atoms with Crippen molar-refractivity contribution in [3.05, 3.63) is 71.1 Å². The van der Waals surface area contributed by atoms with Gasteiger partial charge in [-0.15, -0.1) is 11.3 Å². The molecule has 33 heavy (non-hydrogen) atoms. The van der Waals surface area contributed by atoms with Gasteiger partial charge < -0.3 is 15.5 Å². The van der Waals surface area contributed by atoms with Gasteiger partial charge >= 0.3 is 0 Å². The van der Waals surface area contributed by atoms with Crippen LogP contribution in [0.2, 0.25) is 0 Å². The van der Waals surface area contributed by atoms with Crippen LogP contribution in [-0.2, 0) is 11.3 Å². The molecule has 3 N–H and O–H groups in total. The lowest BCUT2D eigenvalue weighted by Gasteiger charge is -2.19. The third kappa shape index (κ3) is 3.48. The monoisotopic (exact) mass is 457 g/mol. The molecular weight excluding hydrogens is 434 g/mol. The van der Waals surface area contributed by atoms with E-state index in [1.807, 2.05) is 35.7 Å². The van der Waals surface area contributed by atoms with Crippen molar-refractivity contribution in [2.75, 3.05) is 26.4 Å². The fraction of sp³-hybridized carbons (Fsp3) is 0.160. The first kappa shape index (κ1) is 21.0. The van der Waals surface area contributed by atoms with Gasteiger partial charge in [-0.25, -0.2) is 0 Å². The number of aromatic nitrogens is 2. The Labute approximate surface area is 195 Å². The average molecular weight is 458 g/mol. The molecule has 1 aliphatic heterocycles. The SMILES string of the molecule is C=C(CN1Cc2c(-c3ccc4[nH]nc(-c5cccs5)c4c3)ccc(N)c2C1=O)C(=O)N(C)C. The van der Waals surface area contributed by atoms with Crippen molar-refractivity contribution in [2.45, 2.75) is 6.54 Å². The molecule has 2 aromatic carbocycles. The van der Waals surface area contributed by atoms with E-state index in [0.29, 0.717) is 23.4 Å². The second-order valence-corrected chi connectivity index (χ2v) is 9.28. The molecule has 2 aromatic heterocycles. The number of likely N-dealkylation sites (N-methyl/N-ethyl adjacent to an activating group) is 1. The number of aromatic amines is 1. The molecule has 0 fully saturated rings. The van der Waals surface area contributed by atoms with E-state index in [1.165, 1.54) is 4.90 Å². The van der Waals surface area contributed by atoms with Crippen LogP contribution in [-0.4, -0.2) is 52.5 Å². The maximum absolute atomic E-state index is 13.2. The molecule has 0 radical (unpaired) electrons. The highest BCUT2D eigenvalue weighted by Gasteiger charge is 2.33. The number of nitrogen functional groups attached to an aromatic ring is 1. The second kappa shape index (κ2) is 7.90. The van der Waals surface area contributed by atoms with Crippen molar-refractivity contribution in [3.8, 4) is 21.7 Å². The molecule has 0 atom stereocenters. The molecule has 0 unspecified atom stereocenters. The summed E-state index contributed by atoms with van der Waals surface area (Å²) in [5, 5.41) is 10.7. The number of hydrogen-bond donors (Lipinski definition) is 2. The lowest BCUT2D eigenvalue weighted by molar-refractivity contribution is -0.124. The highest BCUT2D eigenvalue weighted by atomic mass is 32.1. The Balaban J connectivity index is 1.55. The van der Waals surface area contributed by atoms with E-state index in [2.05, 4.69) is 22.8 Å². The first-order valence-corrected chi connectivity index (χ1v) is 11.4. The second-order valence-electron chi connectivity index (χ2n) is 8.33. The molecule has 0 saturated heterocycles. The van der Waals surface area contributed by atoms with Crippen LogP contribution in [0, 0.1) is 0 Å². The fourth-order valence-corrected chi connectivity index (χ4v) is 5.03. The molecular formula is C25H23N5O2S. The molecule has 2 amide bonds. The summed E-state index contributed by atoms with van der Waals surface area (Å²) in [7, 11) is 3.33. The molecule has 7 nitrogen and oxygen atoms in total. The molecule has 5 rings (SSSR count). The predicted molar refractivity (Wildman–Crippen MR) is 132 cm³/mol. The minimum atomic E-state index is -0.196. The zero-order chi connectivity index (χ0) is 23.3. The van der Waals surface area contributed by atoms with E-state index in [0.717, 1.165) is 38.2 Å². The van der Waals surface area contributed by atoms with Gasteiger partial charge in [-0.2, -0.15) is 5.10 Å². The van der Waals surface area contributed by atoms with E-state index in [4.69, 9.17) is 5.73 Å². The Bertz CT molecular complexity index is 1420. The third-order valence-corrected chi connectivity index (χ3v) is 6.79. The van der Waals surface area contributed by atoms with Gasteiger partial charge in [0, 0.05) is 37.3 Å². The van der Waals surface area contributed by atoms with Gasteiger partial charge in [0.15, 0.2) is 0 Å². The van der Waals surface area contributed by atoms with Crippen LogP contribution in [0.3, 0.4) is 0 Å². The topological polar surface area (TPSA) is 95.3 Å². The zero-order valence-corrected chi connectivity index (χ0v) is 19.2. The Morgan fingerprint density at radius 2 is 2.09 bits per heavy atom. The van der Waals surface area contributed by atoms with Gasteiger partial charge in [-0.3, -0.25) is 14.7 Å². The fourth-order valence-electron chi connectivity index (χ4n) is 4.30. The number of amides is 2. The summed E-state index contributed by atoms with van der Waals surface area (Å²) in [6, 6.07) is 13.9. The van der Waals surface area contributed by atoms with Gasteiger partial charge in [0.05, 0.1) is 22.5 Å². The van der Waals surface area contributed by atoms with E-state index >= 15 is 0 Å². The van der Waals surface area contributed by atoms with E-state index in [1.54, 1.807) is 36.4 Å². The summed E-state index contributed by atoms with van der Waals surface area (Å²) in [6.07, 6.45) is 0. The lowest BCUT2D eigenvalue weighted by atomic mass is 9.94. The summed E-state index contributed by atoms with van der Waals surface area (Å²) in [6.45, 7) is 4.41. The quantitative estimate of drug-likeness (QED) is 0.348. The number of carbonyl (C=O) groups excluding carboxylic acids is 2. The van der Waals surface area contributed by atoms with E-state index in [9.17, 15) is 9.59 Å². The van der Waals surface area contributed by atoms with Gasteiger partial charge in [-0.05, 0) is 46.3 Å². The number of nitrogens with zero attached hydrogens (tertiary/aromatic N) is 3.